The fourth-order valence-electron chi connectivity index (χ4n) is 6.21. The van der Waals surface area contributed by atoms with Crippen LogP contribution in [0.4, 0.5) is 11.4 Å². The number of anilines is 2. The van der Waals surface area contributed by atoms with Crippen LogP contribution in [-0.2, 0) is 25.9 Å². The van der Waals surface area contributed by atoms with Gasteiger partial charge in [0.05, 0.1) is 6.10 Å². The Bertz CT molecular complexity index is 1940. The molecule has 0 aliphatic carbocycles. The maximum Gasteiger partial charge on any atom is 0.255 e. The summed E-state index contributed by atoms with van der Waals surface area (Å²) in [6, 6.07) is 36.4. The Hall–Kier alpha value is -5.44. The molecule has 8 heteroatoms. The second-order valence-electron chi connectivity index (χ2n) is 13.5. The molecule has 2 amide bonds. The number of carbonyl (C=O) groups excluding carboxylic acids is 2. The summed E-state index contributed by atoms with van der Waals surface area (Å²) in [5, 5.41) is 5.98. The SMILES string of the molecule is CC(C)Oc1ccc(C(=O)Nc2ccc3c(c2)CN(C)CC3)cc1.CN1CCc2ccc(NC(=O)c3ccc(Oc4ccccc4)cc3)cc2C1. The first-order chi connectivity index (χ1) is 24.7. The van der Waals surface area contributed by atoms with Gasteiger partial charge in [-0.05, 0) is 148 Å². The van der Waals surface area contributed by atoms with Gasteiger partial charge in [-0.25, -0.2) is 0 Å². The van der Waals surface area contributed by atoms with Crippen molar-refractivity contribution in [1.29, 1.82) is 0 Å². The van der Waals surface area contributed by atoms with Crippen LogP contribution in [0.25, 0.3) is 0 Å². The average Bonchev–Trinajstić information content (AvgIpc) is 3.12. The summed E-state index contributed by atoms with van der Waals surface area (Å²) in [5.74, 6) is 2.03. The third kappa shape index (κ3) is 9.84. The molecule has 0 aromatic heterocycles. The first-order valence-corrected chi connectivity index (χ1v) is 17.5. The number of fused-ring (bicyclic) bond motifs is 2. The maximum atomic E-state index is 12.6. The van der Waals surface area contributed by atoms with E-state index in [1.165, 1.54) is 22.3 Å². The van der Waals surface area contributed by atoms with Crippen LogP contribution >= 0.6 is 0 Å². The second-order valence-corrected chi connectivity index (χ2v) is 13.5. The van der Waals surface area contributed by atoms with E-state index in [0.29, 0.717) is 16.9 Å². The minimum absolute atomic E-state index is 0.102. The first-order valence-electron chi connectivity index (χ1n) is 17.5. The number of likely N-dealkylation sites (N-methyl/N-ethyl adjacent to an activating group) is 2. The average molecular weight is 683 g/mol. The van der Waals surface area contributed by atoms with Crippen LogP contribution in [0, 0.1) is 0 Å². The molecule has 0 radical (unpaired) electrons. The van der Waals surface area contributed by atoms with Crippen LogP contribution in [0.15, 0.2) is 115 Å². The van der Waals surface area contributed by atoms with Crippen molar-refractivity contribution in [2.24, 2.45) is 0 Å². The monoisotopic (exact) mass is 682 g/mol. The minimum atomic E-state index is -0.120. The molecule has 0 saturated heterocycles. The topological polar surface area (TPSA) is 83.1 Å². The highest BCUT2D eigenvalue weighted by Gasteiger charge is 2.16. The van der Waals surface area contributed by atoms with E-state index in [1.54, 1.807) is 24.3 Å². The van der Waals surface area contributed by atoms with Crippen molar-refractivity contribution >= 4 is 23.2 Å². The number of amides is 2. The molecule has 0 spiro atoms. The molecule has 7 rings (SSSR count). The van der Waals surface area contributed by atoms with Crippen molar-refractivity contribution in [3.8, 4) is 17.2 Å². The standard InChI is InChI=1S/C23H22N2O2.C20H24N2O2/c1-25-14-13-17-7-10-20(15-19(17)16-25)24-23(26)18-8-11-22(12-9-18)27-21-5-3-2-4-6-21;1-14(2)24-19-8-5-16(6-9-19)20(23)21-18-7-4-15-10-11-22(3)13-17(15)12-18/h2-12,15H,13-14,16H2,1H3,(H,24,26);4-9,12,14H,10-11,13H2,1-3H3,(H,21,23). The summed E-state index contributed by atoms with van der Waals surface area (Å²) in [6.07, 6.45) is 2.25. The molecule has 0 fully saturated rings. The highest BCUT2D eigenvalue weighted by atomic mass is 16.5. The van der Waals surface area contributed by atoms with Gasteiger partial charge in [0.2, 0.25) is 0 Å². The predicted octanol–water partition coefficient (Wildman–Crippen LogP) is 8.43. The lowest BCUT2D eigenvalue weighted by atomic mass is 9.99. The molecule has 2 aliphatic rings. The number of hydrogen-bond donors (Lipinski definition) is 2. The van der Waals surface area contributed by atoms with Crippen molar-refractivity contribution in [2.45, 2.75) is 45.9 Å². The van der Waals surface area contributed by atoms with Crippen molar-refractivity contribution < 1.29 is 19.1 Å². The molecule has 2 aliphatic heterocycles. The molecule has 8 nitrogen and oxygen atoms in total. The molecular formula is C43H46N4O4. The first kappa shape index (κ1) is 35.4. The van der Waals surface area contributed by atoms with Gasteiger partial charge in [0.25, 0.3) is 11.8 Å². The number of para-hydroxylation sites is 1. The number of hydrogen-bond acceptors (Lipinski definition) is 6. The normalized spacial score (nSPS) is 14.0. The molecule has 0 saturated carbocycles. The lowest BCUT2D eigenvalue weighted by Crippen LogP contribution is -2.26. The number of ether oxygens (including phenoxy) is 2. The summed E-state index contributed by atoms with van der Waals surface area (Å²) in [7, 11) is 4.24. The highest BCUT2D eigenvalue weighted by Crippen LogP contribution is 2.25. The molecule has 5 aromatic rings. The molecule has 0 unspecified atom stereocenters. The summed E-state index contributed by atoms with van der Waals surface area (Å²) in [6.45, 7) is 7.98. The van der Waals surface area contributed by atoms with Crippen LogP contribution < -0.4 is 20.1 Å². The van der Waals surface area contributed by atoms with E-state index in [4.69, 9.17) is 9.47 Å². The van der Waals surface area contributed by atoms with Crippen LogP contribution in [0.2, 0.25) is 0 Å². The fourth-order valence-corrected chi connectivity index (χ4v) is 6.21. The van der Waals surface area contributed by atoms with Crippen molar-refractivity contribution in [1.82, 2.24) is 9.80 Å². The second kappa shape index (κ2) is 16.5. The molecule has 0 atom stereocenters. The molecule has 51 heavy (non-hydrogen) atoms. The molecule has 0 bridgehead atoms. The van der Waals surface area contributed by atoms with E-state index in [9.17, 15) is 9.59 Å². The number of benzene rings is 5. The van der Waals surface area contributed by atoms with Gasteiger partial charge in [0.1, 0.15) is 17.2 Å². The van der Waals surface area contributed by atoms with E-state index >= 15 is 0 Å². The van der Waals surface area contributed by atoms with E-state index < -0.39 is 0 Å². The lowest BCUT2D eigenvalue weighted by molar-refractivity contribution is 0.101. The van der Waals surface area contributed by atoms with Gasteiger partial charge in [0, 0.05) is 48.7 Å². The fraction of sp³-hybridized carbons (Fsp3) is 0.256. The quantitative estimate of drug-likeness (QED) is 0.171. The summed E-state index contributed by atoms with van der Waals surface area (Å²) < 4.78 is 11.4. The number of carbonyl (C=O) groups is 2. The Kier molecular flexibility index (Phi) is 11.5. The lowest BCUT2D eigenvalue weighted by Gasteiger charge is -2.25. The third-order valence-corrected chi connectivity index (χ3v) is 8.92. The molecule has 5 aromatic carbocycles. The van der Waals surface area contributed by atoms with Gasteiger partial charge < -0.3 is 29.9 Å². The summed E-state index contributed by atoms with van der Waals surface area (Å²) in [5.41, 5.74) is 8.23. The largest absolute Gasteiger partial charge is 0.491 e. The van der Waals surface area contributed by atoms with E-state index in [2.05, 4.69) is 58.8 Å². The Morgan fingerprint density at radius 2 is 1.02 bits per heavy atom. The summed E-state index contributed by atoms with van der Waals surface area (Å²) in [4.78, 5) is 29.6. The minimum Gasteiger partial charge on any atom is -0.491 e. The molecule has 2 N–H and O–H groups in total. The molecule has 2 heterocycles. The van der Waals surface area contributed by atoms with Gasteiger partial charge in [-0.15, -0.1) is 0 Å². The van der Waals surface area contributed by atoms with Gasteiger partial charge in [-0.2, -0.15) is 0 Å². The predicted molar refractivity (Wildman–Crippen MR) is 204 cm³/mol. The van der Waals surface area contributed by atoms with Gasteiger partial charge in [-0.1, -0.05) is 30.3 Å². The summed E-state index contributed by atoms with van der Waals surface area (Å²) >= 11 is 0. The van der Waals surface area contributed by atoms with Crippen molar-refractivity contribution in [3.05, 3.63) is 149 Å². The molecular weight excluding hydrogens is 636 g/mol. The van der Waals surface area contributed by atoms with Crippen molar-refractivity contribution in [3.63, 3.8) is 0 Å². The third-order valence-electron chi connectivity index (χ3n) is 8.92. The zero-order valence-corrected chi connectivity index (χ0v) is 29.8. The van der Waals surface area contributed by atoms with Gasteiger partial charge >= 0.3 is 0 Å². The van der Waals surface area contributed by atoms with Crippen LogP contribution in [0.1, 0.15) is 56.8 Å². The van der Waals surface area contributed by atoms with Gasteiger partial charge in [0.15, 0.2) is 0 Å². The Morgan fingerprint density at radius 1 is 0.569 bits per heavy atom. The van der Waals surface area contributed by atoms with Crippen LogP contribution in [0.5, 0.6) is 17.2 Å². The zero-order chi connectivity index (χ0) is 35.7. The number of rotatable bonds is 8. The Labute approximate surface area is 301 Å². The van der Waals surface area contributed by atoms with Gasteiger partial charge in [-0.3, -0.25) is 9.59 Å². The Morgan fingerprint density at radius 3 is 1.49 bits per heavy atom. The number of nitrogens with one attached hydrogen (secondary N) is 2. The smallest absolute Gasteiger partial charge is 0.255 e. The maximum absolute atomic E-state index is 12.6. The zero-order valence-electron chi connectivity index (χ0n) is 29.8. The van der Waals surface area contributed by atoms with Crippen LogP contribution in [0.3, 0.4) is 0 Å². The van der Waals surface area contributed by atoms with Crippen LogP contribution in [-0.4, -0.2) is 54.9 Å². The highest BCUT2D eigenvalue weighted by molar-refractivity contribution is 6.05. The molecule has 262 valence electrons. The van der Waals surface area contributed by atoms with E-state index in [0.717, 1.165) is 61.9 Å². The van der Waals surface area contributed by atoms with Crippen molar-refractivity contribution in [2.75, 3.05) is 37.8 Å². The van der Waals surface area contributed by atoms with E-state index in [1.807, 2.05) is 80.6 Å². The Balaban J connectivity index is 0.000000177. The van der Waals surface area contributed by atoms with E-state index in [-0.39, 0.29) is 17.9 Å². The number of nitrogens with zero attached hydrogens (tertiary/aromatic N) is 2.